The van der Waals surface area contributed by atoms with Crippen molar-refractivity contribution < 1.29 is 19.5 Å². The Bertz CT molecular complexity index is 548. The normalized spacial score (nSPS) is 11.5. The second-order valence-electron chi connectivity index (χ2n) is 4.12. The summed E-state index contributed by atoms with van der Waals surface area (Å²) in [4.78, 5) is 33.3. The van der Waals surface area contributed by atoms with Crippen molar-refractivity contribution in [2.45, 2.75) is 19.4 Å². The first-order valence-electron chi connectivity index (χ1n) is 5.64. The average Bonchev–Trinajstić information content (AvgIpc) is 2.31. The smallest absolute Gasteiger partial charge is 0.326 e. The number of nitrogens with one attached hydrogen (secondary N) is 2. The first kappa shape index (κ1) is 16.0. The van der Waals surface area contributed by atoms with Crippen molar-refractivity contribution in [1.82, 2.24) is 5.32 Å². The number of anilines is 1. The lowest BCUT2D eigenvalue weighted by Crippen LogP contribution is -2.45. The number of aliphatic carboxylic acids is 1. The molecule has 0 aromatic heterocycles. The number of primary amides is 1. The van der Waals surface area contributed by atoms with Crippen molar-refractivity contribution in [1.29, 1.82) is 0 Å². The summed E-state index contributed by atoms with van der Waals surface area (Å²) in [6.07, 6.45) is -0.470. The molecule has 8 heteroatoms. The zero-order valence-electron chi connectivity index (χ0n) is 10.6. The number of urea groups is 1. The molecule has 1 aromatic carbocycles. The van der Waals surface area contributed by atoms with Gasteiger partial charge in [-0.25, -0.2) is 9.59 Å². The van der Waals surface area contributed by atoms with Crippen LogP contribution in [0.5, 0.6) is 0 Å². The number of nitrogens with two attached hydrogens (primary N) is 1. The fraction of sp³-hybridized carbons (Fsp3) is 0.250. The first-order chi connectivity index (χ1) is 9.29. The van der Waals surface area contributed by atoms with Gasteiger partial charge in [0.05, 0.1) is 6.42 Å². The fourth-order valence-electron chi connectivity index (χ4n) is 1.49. The molecule has 3 amide bonds. The number of carboxylic acids is 1. The summed E-state index contributed by atoms with van der Waals surface area (Å²) >= 11 is 3.29. The summed E-state index contributed by atoms with van der Waals surface area (Å²) in [6.45, 7) is 1.79. The van der Waals surface area contributed by atoms with Crippen LogP contribution in [0.2, 0.25) is 0 Å². The van der Waals surface area contributed by atoms with Crippen molar-refractivity contribution in [2.24, 2.45) is 5.73 Å². The molecule has 0 aliphatic rings. The molecule has 1 aromatic rings. The largest absolute Gasteiger partial charge is 0.480 e. The summed E-state index contributed by atoms with van der Waals surface area (Å²) in [5.74, 6) is -2.14. The van der Waals surface area contributed by atoms with E-state index in [1.165, 1.54) is 0 Å². The molecular weight excluding hydrogens is 330 g/mol. The predicted octanol–water partition coefficient (Wildman–Crippen LogP) is 1.21. The summed E-state index contributed by atoms with van der Waals surface area (Å²) in [6, 6.07) is 3.13. The average molecular weight is 344 g/mol. The maximum absolute atomic E-state index is 11.7. The standard InChI is InChI=1S/C12H14BrN3O4/c1-6-4-7(13)2-3-8(6)15-12(20)16-9(11(18)19)5-10(14)17/h2-4,9H,5H2,1H3,(H2,14,17)(H,18,19)(H2,15,16,20)/t9-/m1/s1. The van der Waals surface area contributed by atoms with Gasteiger partial charge in [-0.05, 0) is 30.7 Å². The Kier molecular flexibility index (Phi) is 5.51. The molecule has 0 aliphatic heterocycles. The maximum atomic E-state index is 11.7. The Labute approximate surface area is 123 Å². The SMILES string of the molecule is Cc1cc(Br)ccc1NC(=O)N[C@H](CC(N)=O)C(=O)O. The number of hydrogen-bond acceptors (Lipinski definition) is 3. The van der Waals surface area contributed by atoms with Gasteiger partial charge in [-0.3, -0.25) is 4.79 Å². The molecule has 108 valence electrons. The summed E-state index contributed by atoms with van der Waals surface area (Å²) in [5.41, 5.74) is 6.26. The van der Waals surface area contributed by atoms with Gasteiger partial charge >= 0.3 is 12.0 Å². The Morgan fingerprint density at radius 3 is 2.55 bits per heavy atom. The highest BCUT2D eigenvalue weighted by Gasteiger charge is 2.22. The molecule has 0 unspecified atom stereocenters. The van der Waals surface area contributed by atoms with Crippen molar-refractivity contribution in [3.63, 3.8) is 0 Å². The Balaban J connectivity index is 2.70. The number of aryl methyl sites for hydroxylation is 1. The van der Waals surface area contributed by atoms with E-state index in [9.17, 15) is 14.4 Å². The Morgan fingerprint density at radius 2 is 2.05 bits per heavy atom. The van der Waals surface area contributed by atoms with Gasteiger partial charge in [-0.1, -0.05) is 15.9 Å². The lowest BCUT2D eigenvalue weighted by Gasteiger charge is -2.14. The van der Waals surface area contributed by atoms with Crippen LogP contribution in [-0.2, 0) is 9.59 Å². The molecule has 0 radical (unpaired) electrons. The van der Waals surface area contributed by atoms with Gasteiger partial charge in [0, 0.05) is 10.2 Å². The van der Waals surface area contributed by atoms with E-state index in [-0.39, 0.29) is 0 Å². The topological polar surface area (TPSA) is 122 Å². The molecule has 0 bridgehead atoms. The van der Waals surface area contributed by atoms with E-state index in [1.54, 1.807) is 25.1 Å². The van der Waals surface area contributed by atoms with E-state index >= 15 is 0 Å². The Morgan fingerprint density at radius 1 is 1.40 bits per heavy atom. The highest BCUT2D eigenvalue weighted by molar-refractivity contribution is 9.10. The minimum Gasteiger partial charge on any atom is -0.480 e. The van der Waals surface area contributed by atoms with Crippen molar-refractivity contribution in [3.05, 3.63) is 28.2 Å². The number of carbonyl (C=O) groups is 3. The number of hydrogen-bond donors (Lipinski definition) is 4. The van der Waals surface area contributed by atoms with Crippen LogP contribution in [0.3, 0.4) is 0 Å². The maximum Gasteiger partial charge on any atom is 0.326 e. The predicted molar refractivity (Wildman–Crippen MR) is 76.3 cm³/mol. The molecule has 5 N–H and O–H groups in total. The van der Waals surface area contributed by atoms with Gasteiger partial charge in [0.2, 0.25) is 5.91 Å². The third kappa shape index (κ3) is 4.88. The summed E-state index contributed by atoms with van der Waals surface area (Å²) < 4.78 is 0.859. The van der Waals surface area contributed by atoms with Crippen LogP contribution in [0.15, 0.2) is 22.7 Å². The van der Waals surface area contributed by atoms with E-state index in [1.807, 2.05) is 0 Å². The summed E-state index contributed by atoms with van der Waals surface area (Å²) in [7, 11) is 0. The van der Waals surface area contributed by atoms with Gasteiger partial charge in [-0.15, -0.1) is 0 Å². The fourth-order valence-corrected chi connectivity index (χ4v) is 1.96. The molecule has 1 rings (SSSR count). The van der Waals surface area contributed by atoms with Crippen LogP contribution in [0.4, 0.5) is 10.5 Å². The third-order valence-corrected chi connectivity index (χ3v) is 2.94. The van der Waals surface area contributed by atoms with E-state index in [4.69, 9.17) is 10.8 Å². The number of amides is 3. The number of halogens is 1. The lowest BCUT2D eigenvalue weighted by atomic mass is 10.2. The van der Waals surface area contributed by atoms with E-state index in [0.717, 1.165) is 10.0 Å². The van der Waals surface area contributed by atoms with Crippen LogP contribution >= 0.6 is 15.9 Å². The van der Waals surface area contributed by atoms with Gasteiger partial charge in [0.15, 0.2) is 0 Å². The molecule has 0 fully saturated rings. The minimum atomic E-state index is -1.36. The highest BCUT2D eigenvalue weighted by atomic mass is 79.9. The Hall–Kier alpha value is -2.09. The van der Waals surface area contributed by atoms with Gasteiger partial charge in [0.25, 0.3) is 0 Å². The molecule has 20 heavy (non-hydrogen) atoms. The highest BCUT2D eigenvalue weighted by Crippen LogP contribution is 2.19. The lowest BCUT2D eigenvalue weighted by molar-refractivity contribution is -0.140. The second-order valence-corrected chi connectivity index (χ2v) is 5.03. The monoisotopic (exact) mass is 343 g/mol. The van der Waals surface area contributed by atoms with E-state index in [0.29, 0.717) is 5.69 Å². The van der Waals surface area contributed by atoms with Crippen molar-refractivity contribution in [2.75, 3.05) is 5.32 Å². The number of carbonyl (C=O) groups excluding carboxylic acids is 2. The molecular formula is C12H14BrN3O4. The molecule has 0 heterocycles. The van der Waals surface area contributed by atoms with Crippen molar-refractivity contribution >= 4 is 39.5 Å². The molecule has 0 saturated heterocycles. The van der Waals surface area contributed by atoms with Crippen molar-refractivity contribution in [3.8, 4) is 0 Å². The summed E-state index contributed by atoms with van der Waals surface area (Å²) in [5, 5.41) is 13.6. The van der Waals surface area contributed by atoms with Crippen LogP contribution < -0.4 is 16.4 Å². The van der Waals surface area contributed by atoms with Gasteiger partial charge in [0.1, 0.15) is 6.04 Å². The zero-order valence-corrected chi connectivity index (χ0v) is 12.2. The van der Waals surface area contributed by atoms with Crippen LogP contribution in [-0.4, -0.2) is 29.1 Å². The second kappa shape index (κ2) is 6.90. The van der Waals surface area contributed by atoms with E-state index in [2.05, 4.69) is 26.6 Å². The molecule has 1 atom stereocenters. The quantitative estimate of drug-likeness (QED) is 0.641. The molecule has 0 spiro atoms. The van der Waals surface area contributed by atoms with Gasteiger partial charge < -0.3 is 21.5 Å². The van der Waals surface area contributed by atoms with Crippen LogP contribution in [0.1, 0.15) is 12.0 Å². The number of carboxylic acid groups (broad SMARTS) is 1. The minimum absolute atomic E-state index is 0.470. The first-order valence-corrected chi connectivity index (χ1v) is 6.43. The zero-order chi connectivity index (χ0) is 15.3. The van der Waals surface area contributed by atoms with Crippen LogP contribution in [0, 0.1) is 6.92 Å². The molecule has 0 aliphatic carbocycles. The molecule has 0 saturated carbocycles. The molecule has 7 nitrogen and oxygen atoms in total. The number of benzene rings is 1. The van der Waals surface area contributed by atoms with Crippen LogP contribution in [0.25, 0.3) is 0 Å². The third-order valence-electron chi connectivity index (χ3n) is 2.45. The van der Waals surface area contributed by atoms with Gasteiger partial charge in [-0.2, -0.15) is 0 Å². The van der Waals surface area contributed by atoms with E-state index < -0.39 is 30.4 Å². The number of rotatable bonds is 5.